The standard InChI is InChI=1S/C11H11BrN2O2/c12-8-3-1-2-4-9(8)14-11(16)10(15)13-7-5-6-7/h1-4,7H,5-6H2,(H,13,15)(H,14,16). The molecule has 0 unspecified atom stereocenters. The lowest BCUT2D eigenvalue weighted by Crippen LogP contribution is -2.36. The van der Waals surface area contributed by atoms with Gasteiger partial charge < -0.3 is 10.6 Å². The second kappa shape index (κ2) is 4.65. The topological polar surface area (TPSA) is 58.2 Å². The van der Waals surface area contributed by atoms with E-state index < -0.39 is 11.8 Å². The van der Waals surface area contributed by atoms with Gasteiger partial charge in [0.05, 0.1) is 5.69 Å². The summed E-state index contributed by atoms with van der Waals surface area (Å²) in [6, 6.07) is 7.35. The molecular formula is C11H11BrN2O2. The van der Waals surface area contributed by atoms with Crippen molar-refractivity contribution in [3.8, 4) is 0 Å². The minimum atomic E-state index is -0.626. The Balaban J connectivity index is 1.95. The van der Waals surface area contributed by atoms with E-state index in [1.807, 2.05) is 6.07 Å². The zero-order valence-corrected chi connectivity index (χ0v) is 10.1. The highest BCUT2D eigenvalue weighted by Gasteiger charge is 2.26. The van der Waals surface area contributed by atoms with Gasteiger partial charge >= 0.3 is 11.8 Å². The summed E-state index contributed by atoms with van der Waals surface area (Å²) in [5.74, 6) is -1.20. The third-order valence-corrected chi connectivity index (χ3v) is 2.93. The molecule has 0 atom stereocenters. The van der Waals surface area contributed by atoms with Crippen molar-refractivity contribution in [3.63, 3.8) is 0 Å². The molecule has 4 nitrogen and oxygen atoms in total. The Labute approximate surface area is 102 Å². The van der Waals surface area contributed by atoms with Crippen molar-refractivity contribution in [1.82, 2.24) is 5.32 Å². The first-order valence-electron chi connectivity index (χ1n) is 5.03. The molecule has 0 aliphatic heterocycles. The number of rotatable bonds is 2. The number of anilines is 1. The molecule has 1 aromatic rings. The smallest absolute Gasteiger partial charge is 0.313 e. The molecule has 0 aromatic heterocycles. The molecule has 1 saturated carbocycles. The van der Waals surface area contributed by atoms with E-state index in [1.165, 1.54) is 0 Å². The van der Waals surface area contributed by atoms with Gasteiger partial charge in [-0.2, -0.15) is 0 Å². The number of hydrogen-bond acceptors (Lipinski definition) is 2. The fourth-order valence-corrected chi connectivity index (χ4v) is 1.60. The van der Waals surface area contributed by atoms with Crippen LogP contribution in [0.3, 0.4) is 0 Å². The first-order valence-corrected chi connectivity index (χ1v) is 5.82. The number of benzene rings is 1. The minimum Gasteiger partial charge on any atom is -0.345 e. The van der Waals surface area contributed by atoms with Gasteiger partial charge in [-0.25, -0.2) is 0 Å². The summed E-state index contributed by atoms with van der Waals surface area (Å²) in [6.07, 6.45) is 1.93. The molecule has 0 heterocycles. The Hall–Kier alpha value is -1.36. The first-order chi connectivity index (χ1) is 7.66. The number of nitrogens with one attached hydrogen (secondary N) is 2. The van der Waals surface area contributed by atoms with Crippen LogP contribution in [0.5, 0.6) is 0 Å². The van der Waals surface area contributed by atoms with Gasteiger partial charge in [-0.15, -0.1) is 0 Å². The van der Waals surface area contributed by atoms with Crippen LogP contribution in [0.2, 0.25) is 0 Å². The molecule has 0 bridgehead atoms. The first kappa shape index (κ1) is 11.1. The van der Waals surface area contributed by atoms with Gasteiger partial charge in [-0.05, 0) is 40.9 Å². The number of carbonyl (C=O) groups is 2. The third kappa shape index (κ3) is 2.82. The molecule has 0 spiro atoms. The molecule has 5 heteroatoms. The zero-order chi connectivity index (χ0) is 11.5. The van der Waals surface area contributed by atoms with E-state index in [9.17, 15) is 9.59 Å². The predicted molar refractivity (Wildman–Crippen MR) is 63.9 cm³/mol. The lowest BCUT2D eigenvalue weighted by atomic mass is 10.3. The molecule has 1 aromatic carbocycles. The fourth-order valence-electron chi connectivity index (χ4n) is 1.22. The monoisotopic (exact) mass is 282 g/mol. The van der Waals surface area contributed by atoms with Crippen molar-refractivity contribution in [2.75, 3.05) is 5.32 Å². The molecule has 2 rings (SSSR count). The van der Waals surface area contributed by atoms with Crippen LogP contribution in [0.4, 0.5) is 5.69 Å². The van der Waals surface area contributed by atoms with E-state index in [1.54, 1.807) is 18.2 Å². The highest BCUT2D eigenvalue weighted by molar-refractivity contribution is 9.10. The van der Waals surface area contributed by atoms with Crippen LogP contribution >= 0.6 is 15.9 Å². The lowest BCUT2D eigenvalue weighted by molar-refractivity contribution is -0.136. The van der Waals surface area contributed by atoms with Crippen LogP contribution in [-0.2, 0) is 9.59 Å². The van der Waals surface area contributed by atoms with Gasteiger partial charge in [0, 0.05) is 10.5 Å². The van der Waals surface area contributed by atoms with Crippen LogP contribution < -0.4 is 10.6 Å². The molecule has 2 amide bonds. The zero-order valence-electron chi connectivity index (χ0n) is 8.50. The molecule has 16 heavy (non-hydrogen) atoms. The maximum Gasteiger partial charge on any atom is 0.313 e. The Kier molecular flexibility index (Phi) is 3.24. The van der Waals surface area contributed by atoms with Crippen LogP contribution in [0, 0.1) is 0 Å². The van der Waals surface area contributed by atoms with Crippen molar-refractivity contribution in [3.05, 3.63) is 28.7 Å². The van der Waals surface area contributed by atoms with E-state index in [4.69, 9.17) is 0 Å². The molecule has 1 aliphatic rings. The van der Waals surface area contributed by atoms with Crippen molar-refractivity contribution in [2.24, 2.45) is 0 Å². The van der Waals surface area contributed by atoms with E-state index in [2.05, 4.69) is 26.6 Å². The van der Waals surface area contributed by atoms with Gasteiger partial charge in [0.15, 0.2) is 0 Å². The average Bonchev–Trinajstić information content (AvgIpc) is 3.05. The van der Waals surface area contributed by atoms with Crippen molar-refractivity contribution >= 4 is 33.4 Å². The summed E-state index contributed by atoms with van der Waals surface area (Å²) in [6.45, 7) is 0. The Morgan fingerprint density at radius 3 is 2.50 bits per heavy atom. The summed E-state index contributed by atoms with van der Waals surface area (Å²) >= 11 is 3.29. The number of amides is 2. The fraction of sp³-hybridized carbons (Fsp3) is 0.273. The van der Waals surface area contributed by atoms with Crippen molar-refractivity contribution < 1.29 is 9.59 Å². The number of para-hydroxylation sites is 1. The Morgan fingerprint density at radius 1 is 1.19 bits per heavy atom. The normalized spacial score (nSPS) is 14.3. The predicted octanol–water partition coefficient (Wildman–Crippen LogP) is 1.67. The maximum absolute atomic E-state index is 11.5. The third-order valence-electron chi connectivity index (χ3n) is 2.24. The van der Waals surface area contributed by atoms with E-state index in [-0.39, 0.29) is 6.04 Å². The highest BCUT2D eigenvalue weighted by atomic mass is 79.9. The van der Waals surface area contributed by atoms with Gasteiger partial charge in [0.2, 0.25) is 0 Å². The number of hydrogen-bond donors (Lipinski definition) is 2. The molecule has 84 valence electrons. The second-order valence-corrected chi connectivity index (χ2v) is 4.54. The van der Waals surface area contributed by atoms with E-state index in [0.29, 0.717) is 5.69 Å². The SMILES string of the molecule is O=C(Nc1ccccc1Br)C(=O)NC1CC1. The molecule has 2 N–H and O–H groups in total. The molecule has 0 radical (unpaired) electrons. The summed E-state index contributed by atoms with van der Waals surface area (Å²) in [4.78, 5) is 22.9. The van der Waals surface area contributed by atoms with Gasteiger partial charge in [-0.1, -0.05) is 12.1 Å². The molecule has 1 aliphatic carbocycles. The molecular weight excluding hydrogens is 272 g/mol. The van der Waals surface area contributed by atoms with Crippen LogP contribution in [-0.4, -0.2) is 17.9 Å². The van der Waals surface area contributed by atoms with E-state index in [0.717, 1.165) is 17.3 Å². The van der Waals surface area contributed by atoms with Crippen molar-refractivity contribution in [1.29, 1.82) is 0 Å². The Morgan fingerprint density at radius 2 is 1.88 bits per heavy atom. The maximum atomic E-state index is 11.5. The number of carbonyl (C=O) groups excluding carboxylic acids is 2. The quantitative estimate of drug-likeness (QED) is 0.811. The summed E-state index contributed by atoms with van der Waals surface area (Å²) in [7, 11) is 0. The van der Waals surface area contributed by atoms with Crippen LogP contribution in [0.1, 0.15) is 12.8 Å². The van der Waals surface area contributed by atoms with Crippen LogP contribution in [0.25, 0.3) is 0 Å². The number of halogens is 1. The van der Waals surface area contributed by atoms with Gasteiger partial charge in [0.25, 0.3) is 0 Å². The Bertz CT molecular complexity index is 430. The van der Waals surface area contributed by atoms with Crippen LogP contribution in [0.15, 0.2) is 28.7 Å². The molecule has 0 saturated heterocycles. The highest BCUT2D eigenvalue weighted by Crippen LogP contribution is 2.21. The minimum absolute atomic E-state index is 0.192. The van der Waals surface area contributed by atoms with Gasteiger partial charge in [0.1, 0.15) is 0 Å². The van der Waals surface area contributed by atoms with E-state index >= 15 is 0 Å². The summed E-state index contributed by atoms with van der Waals surface area (Å²) < 4.78 is 0.752. The molecule has 1 fully saturated rings. The lowest BCUT2D eigenvalue weighted by Gasteiger charge is -2.06. The largest absolute Gasteiger partial charge is 0.345 e. The van der Waals surface area contributed by atoms with Gasteiger partial charge in [-0.3, -0.25) is 9.59 Å². The second-order valence-electron chi connectivity index (χ2n) is 3.68. The summed E-state index contributed by atoms with van der Waals surface area (Å²) in [5.41, 5.74) is 0.596. The average molecular weight is 283 g/mol. The van der Waals surface area contributed by atoms with Crippen molar-refractivity contribution in [2.45, 2.75) is 18.9 Å². The summed E-state index contributed by atoms with van der Waals surface area (Å²) in [5, 5.41) is 5.17.